The van der Waals surface area contributed by atoms with Crippen LogP contribution in [0, 0.1) is 5.92 Å². The zero-order chi connectivity index (χ0) is 26.7. The Morgan fingerprint density at radius 1 is 1.03 bits per heavy atom. The molecular weight excluding hydrogens is 464 g/mol. The fourth-order valence-electron chi connectivity index (χ4n) is 3.06. The van der Waals surface area contributed by atoms with Crippen LogP contribution in [0.2, 0.25) is 0 Å². The van der Waals surface area contributed by atoms with Crippen LogP contribution in [0.25, 0.3) is 0 Å². The quantitative estimate of drug-likeness (QED) is 0.134. The fraction of sp³-hybridized carbons (Fsp3) is 0.619. The summed E-state index contributed by atoms with van der Waals surface area (Å²) >= 11 is 0. The number of aliphatic hydroxyl groups is 1. The lowest BCUT2D eigenvalue weighted by Crippen LogP contribution is -2.59. The number of carbonyl (C=O) groups is 5. The van der Waals surface area contributed by atoms with Crippen molar-refractivity contribution < 1.29 is 39.3 Å². The Hall–Kier alpha value is -3.52. The maximum absolute atomic E-state index is 13.1. The van der Waals surface area contributed by atoms with Crippen LogP contribution >= 0.6 is 0 Å². The van der Waals surface area contributed by atoms with E-state index < -0.39 is 66.4 Å². The summed E-state index contributed by atoms with van der Waals surface area (Å²) in [7, 11) is 0. The first-order valence-corrected chi connectivity index (χ1v) is 11.1. The molecule has 0 aliphatic rings. The summed E-state index contributed by atoms with van der Waals surface area (Å²) in [4.78, 5) is 67.4. The number of rotatable bonds is 15. The third-order valence-corrected chi connectivity index (χ3v) is 5.50. The Kier molecular flexibility index (Phi) is 11.8. The number of hydrogen-bond acceptors (Lipinski definition) is 8. The van der Waals surface area contributed by atoms with Crippen molar-refractivity contribution in [1.29, 1.82) is 0 Å². The molecule has 9 N–H and O–H groups in total. The van der Waals surface area contributed by atoms with Crippen molar-refractivity contribution in [2.75, 3.05) is 0 Å². The van der Waals surface area contributed by atoms with Gasteiger partial charge in [0.05, 0.1) is 18.5 Å². The monoisotopic (exact) mass is 498 g/mol. The SMILES string of the molecule is CCC(C)C(N)C(=O)NC(Cc1cnc[nH]1)C(=O)NC(CCC(=O)O)C(=O)NC(C(=O)O)C(C)O. The lowest BCUT2D eigenvalue weighted by Gasteiger charge is -2.26. The molecule has 0 fully saturated rings. The van der Waals surface area contributed by atoms with E-state index >= 15 is 0 Å². The summed E-state index contributed by atoms with van der Waals surface area (Å²) in [6.45, 7) is 4.79. The number of carboxylic acid groups (broad SMARTS) is 2. The zero-order valence-corrected chi connectivity index (χ0v) is 19.9. The molecule has 0 saturated carbocycles. The van der Waals surface area contributed by atoms with E-state index in [1.54, 1.807) is 6.92 Å². The minimum Gasteiger partial charge on any atom is -0.481 e. The van der Waals surface area contributed by atoms with Crippen molar-refractivity contribution in [3.63, 3.8) is 0 Å². The average molecular weight is 499 g/mol. The molecule has 0 radical (unpaired) electrons. The van der Waals surface area contributed by atoms with E-state index in [2.05, 4.69) is 25.9 Å². The van der Waals surface area contributed by atoms with Crippen LogP contribution in [0.1, 0.15) is 45.7 Å². The number of amides is 3. The highest BCUT2D eigenvalue weighted by atomic mass is 16.4. The minimum absolute atomic E-state index is 0.0382. The molecule has 1 rings (SSSR count). The standard InChI is InChI=1S/C21H34N6O8/c1-4-10(2)16(22)20(33)26-14(7-12-8-23-9-24-12)19(32)25-13(5-6-15(29)30)18(31)27-17(11(3)28)21(34)35/h8-11,13-14,16-17,28H,4-7,22H2,1-3H3,(H,23,24)(H,25,32)(H,26,33)(H,27,31)(H,29,30)(H,34,35). The van der Waals surface area contributed by atoms with E-state index in [0.717, 1.165) is 6.92 Å². The van der Waals surface area contributed by atoms with Gasteiger partial charge in [-0.15, -0.1) is 0 Å². The molecule has 14 heteroatoms. The minimum atomic E-state index is -1.68. The third-order valence-electron chi connectivity index (χ3n) is 5.50. The highest BCUT2D eigenvalue weighted by Crippen LogP contribution is 2.08. The van der Waals surface area contributed by atoms with Gasteiger partial charge in [0.15, 0.2) is 6.04 Å². The molecule has 6 unspecified atom stereocenters. The van der Waals surface area contributed by atoms with E-state index in [-0.39, 0.29) is 18.8 Å². The molecule has 0 aliphatic carbocycles. The van der Waals surface area contributed by atoms with Crippen molar-refractivity contribution in [1.82, 2.24) is 25.9 Å². The van der Waals surface area contributed by atoms with Gasteiger partial charge in [-0.3, -0.25) is 19.2 Å². The van der Waals surface area contributed by atoms with Crippen molar-refractivity contribution in [2.24, 2.45) is 11.7 Å². The van der Waals surface area contributed by atoms with Crippen LogP contribution in [0.4, 0.5) is 0 Å². The summed E-state index contributed by atoms with van der Waals surface area (Å²) in [6, 6.07) is -5.24. The van der Waals surface area contributed by atoms with Gasteiger partial charge in [0.25, 0.3) is 0 Å². The van der Waals surface area contributed by atoms with E-state index in [4.69, 9.17) is 10.8 Å². The number of imidazole rings is 1. The van der Waals surface area contributed by atoms with Gasteiger partial charge in [-0.2, -0.15) is 0 Å². The number of carboxylic acids is 2. The largest absolute Gasteiger partial charge is 0.481 e. The lowest BCUT2D eigenvalue weighted by molar-refractivity contribution is -0.145. The Labute approximate surface area is 202 Å². The van der Waals surface area contributed by atoms with Crippen molar-refractivity contribution >= 4 is 29.7 Å². The van der Waals surface area contributed by atoms with Gasteiger partial charge in [0.2, 0.25) is 17.7 Å². The predicted octanol–water partition coefficient (Wildman–Crippen LogP) is -1.89. The number of aliphatic hydroxyl groups excluding tert-OH is 1. The smallest absolute Gasteiger partial charge is 0.328 e. The van der Waals surface area contributed by atoms with E-state index in [0.29, 0.717) is 12.1 Å². The highest BCUT2D eigenvalue weighted by Gasteiger charge is 2.32. The van der Waals surface area contributed by atoms with Gasteiger partial charge in [-0.05, 0) is 19.3 Å². The normalized spacial score (nSPS) is 16.1. The number of carbonyl (C=O) groups excluding carboxylic acids is 3. The van der Waals surface area contributed by atoms with Crippen molar-refractivity contribution in [3.05, 3.63) is 18.2 Å². The molecule has 1 aromatic heterocycles. The molecule has 14 nitrogen and oxygen atoms in total. The number of aromatic amines is 1. The molecule has 6 atom stereocenters. The summed E-state index contributed by atoms with van der Waals surface area (Å²) in [5.74, 6) is -5.35. The van der Waals surface area contributed by atoms with Gasteiger partial charge in [0.1, 0.15) is 12.1 Å². The Morgan fingerprint density at radius 2 is 1.63 bits per heavy atom. The van der Waals surface area contributed by atoms with Crippen molar-refractivity contribution in [2.45, 2.75) is 76.7 Å². The molecule has 196 valence electrons. The van der Waals surface area contributed by atoms with Crippen LogP contribution in [0.15, 0.2) is 12.5 Å². The maximum Gasteiger partial charge on any atom is 0.328 e. The predicted molar refractivity (Wildman–Crippen MR) is 122 cm³/mol. The maximum atomic E-state index is 13.1. The zero-order valence-electron chi connectivity index (χ0n) is 19.9. The molecule has 35 heavy (non-hydrogen) atoms. The molecule has 0 aromatic carbocycles. The van der Waals surface area contributed by atoms with E-state index in [9.17, 15) is 34.2 Å². The third kappa shape index (κ3) is 9.70. The van der Waals surface area contributed by atoms with Crippen LogP contribution in [-0.4, -0.2) is 85.2 Å². The highest BCUT2D eigenvalue weighted by molar-refractivity contribution is 5.94. The number of nitrogens with two attached hydrogens (primary N) is 1. The Bertz CT molecular complexity index is 875. The molecule has 0 aliphatic heterocycles. The molecule has 0 saturated heterocycles. The molecule has 3 amide bonds. The van der Waals surface area contributed by atoms with Gasteiger partial charge >= 0.3 is 11.9 Å². The number of nitrogens with one attached hydrogen (secondary N) is 4. The summed E-state index contributed by atoms with van der Waals surface area (Å²) in [5.41, 5.74) is 6.46. The second-order valence-electron chi connectivity index (χ2n) is 8.31. The summed E-state index contributed by atoms with van der Waals surface area (Å²) < 4.78 is 0. The summed E-state index contributed by atoms with van der Waals surface area (Å²) in [6.07, 6.45) is 1.07. The number of nitrogens with zero attached hydrogens (tertiary/aromatic N) is 1. The van der Waals surface area contributed by atoms with Gasteiger partial charge in [-0.25, -0.2) is 9.78 Å². The van der Waals surface area contributed by atoms with Crippen LogP contribution in [0.3, 0.4) is 0 Å². The van der Waals surface area contributed by atoms with Crippen LogP contribution in [-0.2, 0) is 30.4 Å². The molecule has 1 heterocycles. The molecule has 1 aromatic rings. The van der Waals surface area contributed by atoms with Crippen LogP contribution < -0.4 is 21.7 Å². The lowest BCUT2D eigenvalue weighted by atomic mass is 9.98. The Balaban J connectivity index is 3.10. The van der Waals surface area contributed by atoms with Gasteiger partial charge in [-0.1, -0.05) is 20.3 Å². The molecular formula is C21H34N6O8. The second-order valence-corrected chi connectivity index (χ2v) is 8.31. The van der Waals surface area contributed by atoms with Crippen LogP contribution in [0.5, 0.6) is 0 Å². The second kappa shape index (κ2) is 14.0. The average Bonchev–Trinajstić information content (AvgIpc) is 3.30. The molecule has 0 spiro atoms. The topological polar surface area (TPSA) is 237 Å². The van der Waals surface area contributed by atoms with Crippen molar-refractivity contribution in [3.8, 4) is 0 Å². The number of aliphatic carboxylic acids is 2. The van der Waals surface area contributed by atoms with E-state index in [1.165, 1.54) is 12.5 Å². The number of hydrogen-bond donors (Lipinski definition) is 8. The van der Waals surface area contributed by atoms with E-state index in [1.807, 2.05) is 6.92 Å². The summed E-state index contributed by atoms with van der Waals surface area (Å²) in [5, 5.41) is 34.8. The number of aromatic nitrogens is 2. The first kappa shape index (κ1) is 29.5. The van der Waals surface area contributed by atoms with Gasteiger partial charge in [0, 0.05) is 24.7 Å². The first-order chi connectivity index (χ1) is 16.4. The first-order valence-electron chi connectivity index (χ1n) is 11.1. The fourth-order valence-corrected chi connectivity index (χ4v) is 3.06. The Morgan fingerprint density at radius 3 is 2.11 bits per heavy atom. The van der Waals surface area contributed by atoms with Gasteiger partial charge < -0.3 is 42.0 Å². The molecule has 0 bridgehead atoms. The number of H-pyrrole nitrogens is 1.